The molecule has 152 valence electrons. The number of Topliss-reactive ketones (excluding diaryl/α,β-unsaturated/α-hetero) is 1. The number of amides is 1. The Morgan fingerprint density at radius 1 is 1.07 bits per heavy atom. The fourth-order valence-corrected chi connectivity index (χ4v) is 3.87. The summed E-state index contributed by atoms with van der Waals surface area (Å²) in [6.45, 7) is 4.66. The van der Waals surface area contributed by atoms with Gasteiger partial charge < -0.3 is 19.8 Å². The number of ketones is 1. The van der Waals surface area contributed by atoms with Crippen molar-refractivity contribution in [2.45, 2.75) is 25.7 Å². The quantitative estimate of drug-likeness (QED) is 0.550. The second-order valence-electron chi connectivity index (χ2n) is 6.39. The number of fused-ring (bicyclic) bond motifs is 1. The molecule has 0 saturated carbocycles. The molecule has 1 aromatic carbocycles. The van der Waals surface area contributed by atoms with Gasteiger partial charge in [-0.3, -0.25) is 9.59 Å². The molecule has 1 aliphatic heterocycles. The Morgan fingerprint density at radius 3 is 2.52 bits per heavy atom. The number of H-pyrrole nitrogens is 1. The van der Waals surface area contributed by atoms with E-state index in [2.05, 4.69) is 10.3 Å². The van der Waals surface area contributed by atoms with E-state index in [9.17, 15) is 19.2 Å². The zero-order valence-corrected chi connectivity index (χ0v) is 17.0. The van der Waals surface area contributed by atoms with Crippen molar-refractivity contribution in [3.63, 3.8) is 0 Å². The Labute approximate surface area is 171 Å². The number of aryl methyl sites for hydroxylation is 2. The van der Waals surface area contributed by atoms with Gasteiger partial charge in [-0.2, -0.15) is 0 Å². The predicted molar refractivity (Wildman–Crippen MR) is 107 cm³/mol. The molecule has 1 aliphatic rings. The number of carbonyl (C=O) groups is 4. The highest BCUT2D eigenvalue weighted by Gasteiger charge is 2.26. The van der Waals surface area contributed by atoms with Crippen LogP contribution in [0.4, 0.5) is 5.69 Å². The Morgan fingerprint density at radius 2 is 1.79 bits per heavy atom. The fourth-order valence-electron chi connectivity index (χ4n) is 3.08. The van der Waals surface area contributed by atoms with E-state index in [1.807, 2.05) is 0 Å². The molecule has 1 aromatic heterocycles. The summed E-state index contributed by atoms with van der Waals surface area (Å²) in [6, 6.07) is 4.81. The van der Waals surface area contributed by atoms with Crippen molar-refractivity contribution in [2.75, 3.05) is 24.3 Å². The van der Waals surface area contributed by atoms with Gasteiger partial charge in [0.25, 0.3) is 0 Å². The molecule has 2 heterocycles. The van der Waals surface area contributed by atoms with E-state index < -0.39 is 24.3 Å². The van der Waals surface area contributed by atoms with Gasteiger partial charge in [-0.05, 0) is 39.0 Å². The lowest BCUT2D eigenvalue weighted by molar-refractivity contribution is -0.113. The van der Waals surface area contributed by atoms with Gasteiger partial charge in [-0.1, -0.05) is 0 Å². The van der Waals surface area contributed by atoms with Gasteiger partial charge in [0.05, 0.1) is 34.7 Å². The van der Waals surface area contributed by atoms with Crippen LogP contribution in [0, 0.1) is 13.8 Å². The van der Waals surface area contributed by atoms with E-state index in [-0.39, 0.29) is 29.2 Å². The standard InChI is InChI=1S/C20H20N2O6S/c1-4-27-20(26)18-11(3)21-10(2)17(18)14(23)8-28-19(25)12-5-6-15-13(7-12)22-16(24)9-29-15/h5-7,21H,4,8-9H2,1-3H3,(H,22,24). The summed E-state index contributed by atoms with van der Waals surface area (Å²) in [5.74, 6) is -1.64. The molecular weight excluding hydrogens is 396 g/mol. The summed E-state index contributed by atoms with van der Waals surface area (Å²) in [7, 11) is 0. The van der Waals surface area contributed by atoms with Gasteiger partial charge in [-0.15, -0.1) is 11.8 Å². The van der Waals surface area contributed by atoms with E-state index in [1.54, 1.807) is 32.9 Å². The van der Waals surface area contributed by atoms with Crippen LogP contribution in [0.15, 0.2) is 23.1 Å². The molecule has 0 fully saturated rings. The van der Waals surface area contributed by atoms with Crippen LogP contribution >= 0.6 is 11.8 Å². The highest BCUT2D eigenvalue weighted by atomic mass is 32.2. The minimum atomic E-state index is -0.700. The SMILES string of the molecule is CCOC(=O)c1c(C)[nH]c(C)c1C(=O)COC(=O)c1ccc2c(c1)NC(=O)CS2. The molecule has 2 aromatic rings. The van der Waals surface area contributed by atoms with Crippen LogP contribution in [0.3, 0.4) is 0 Å². The van der Waals surface area contributed by atoms with Gasteiger partial charge >= 0.3 is 11.9 Å². The zero-order valence-electron chi connectivity index (χ0n) is 16.2. The number of aromatic nitrogens is 1. The Hall–Kier alpha value is -3.07. The maximum absolute atomic E-state index is 12.7. The van der Waals surface area contributed by atoms with E-state index in [1.165, 1.54) is 17.8 Å². The van der Waals surface area contributed by atoms with Crippen molar-refractivity contribution < 1.29 is 28.7 Å². The van der Waals surface area contributed by atoms with Crippen molar-refractivity contribution in [1.82, 2.24) is 4.98 Å². The van der Waals surface area contributed by atoms with Crippen molar-refractivity contribution in [1.29, 1.82) is 0 Å². The number of ether oxygens (including phenoxy) is 2. The van der Waals surface area contributed by atoms with Crippen molar-refractivity contribution >= 4 is 41.1 Å². The molecule has 0 bridgehead atoms. The maximum Gasteiger partial charge on any atom is 0.340 e. The molecule has 0 atom stereocenters. The molecule has 0 spiro atoms. The molecular formula is C20H20N2O6S. The van der Waals surface area contributed by atoms with Crippen LogP contribution < -0.4 is 5.32 Å². The normalized spacial score (nSPS) is 12.7. The molecule has 2 N–H and O–H groups in total. The average Bonchev–Trinajstić information content (AvgIpc) is 2.99. The number of nitrogens with one attached hydrogen (secondary N) is 2. The van der Waals surface area contributed by atoms with Crippen LogP contribution in [-0.2, 0) is 14.3 Å². The van der Waals surface area contributed by atoms with E-state index in [4.69, 9.17) is 9.47 Å². The van der Waals surface area contributed by atoms with Crippen LogP contribution in [0.1, 0.15) is 49.4 Å². The molecule has 0 aliphatic carbocycles. The summed E-state index contributed by atoms with van der Waals surface area (Å²) < 4.78 is 10.2. The molecule has 0 saturated heterocycles. The number of rotatable bonds is 6. The maximum atomic E-state index is 12.7. The van der Waals surface area contributed by atoms with E-state index in [0.717, 1.165) is 4.90 Å². The number of anilines is 1. The minimum Gasteiger partial charge on any atom is -0.462 e. The van der Waals surface area contributed by atoms with Gasteiger partial charge in [0.2, 0.25) is 11.7 Å². The third-order valence-corrected chi connectivity index (χ3v) is 5.39. The second-order valence-corrected chi connectivity index (χ2v) is 7.41. The Balaban J connectivity index is 1.73. The predicted octanol–water partition coefficient (Wildman–Crippen LogP) is 2.89. The molecule has 3 rings (SSSR count). The van der Waals surface area contributed by atoms with Crippen LogP contribution in [0.25, 0.3) is 0 Å². The minimum absolute atomic E-state index is 0.145. The van der Waals surface area contributed by atoms with Crippen LogP contribution in [-0.4, -0.2) is 47.6 Å². The molecule has 8 nitrogen and oxygen atoms in total. The Bertz CT molecular complexity index is 1010. The number of esters is 2. The lowest BCUT2D eigenvalue weighted by Gasteiger charge is -2.16. The smallest absolute Gasteiger partial charge is 0.340 e. The number of benzene rings is 1. The van der Waals surface area contributed by atoms with E-state index in [0.29, 0.717) is 22.8 Å². The first-order valence-electron chi connectivity index (χ1n) is 8.95. The van der Waals surface area contributed by atoms with Crippen LogP contribution in [0.2, 0.25) is 0 Å². The van der Waals surface area contributed by atoms with Crippen molar-refractivity contribution in [3.8, 4) is 0 Å². The fraction of sp³-hybridized carbons (Fsp3) is 0.300. The molecule has 0 unspecified atom stereocenters. The van der Waals surface area contributed by atoms with Crippen molar-refractivity contribution in [3.05, 3.63) is 46.3 Å². The number of thioether (sulfide) groups is 1. The van der Waals surface area contributed by atoms with Crippen molar-refractivity contribution in [2.24, 2.45) is 0 Å². The Kier molecular flexibility index (Phi) is 6.07. The summed E-state index contributed by atoms with van der Waals surface area (Å²) in [6.07, 6.45) is 0. The molecule has 29 heavy (non-hydrogen) atoms. The lowest BCUT2D eigenvalue weighted by atomic mass is 10.1. The number of hydrogen-bond acceptors (Lipinski definition) is 7. The first kappa shape index (κ1) is 20.7. The van der Waals surface area contributed by atoms with Gasteiger partial charge in [0.1, 0.15) is 0 Å². The summed E-state index contributed by atoms with van der Waals surface area (Å²) >= 11 is 1.38. The third-order valence-electron chi connectivity index (χ3n) is 4.32. The van der Waals surface area contributed by atoms with E-state index >= 15 is 0 Å². The average molecular weight is 416 g/mol. The highest BCUT2D eigenvalue weighted by Crippen LogP contribution is 2.32. The van der Waals surface area contributed by atoms with Gasteiger partial charge in [0.15, 0.2) is 6.61 Å². The number of aromatic amines is 1. The molecule has 9 heteroatoms. The largest absolute Gasteiger partial charge is 0.462 e. The summed E-state index contributed by atoms with van der Waals surface area (Å²) in [5.41, 5.74) is 2.07. The lowest BCUT2D eigenvalue weighted by Crippen LogP contribution is -2.20. The summed E-state index contributed by atoms with van der Waals surface area (Å²) in [5, 5.41) is 2.70. The first-order chi connectivity index (χ1) is 13.8. The monoisotopic (exact) mass is 416 g/mol. The second kappa shape index (κ2) is 8.52. The highest BCUT2D eigenvalue weighted by molar-refractivity contribution is 8.00. The summed E-state index contributed by atoms with van der Waals surface area (Å²) in [4.78, 5) is 52.5. The molecule has 1 amide bonds. The van der Waals surface area contributed by atoms with Gasteiger partial charge in [-0.25, -0.2) is 9.59 Å². The van der Waals surface area contributed by atoms with Crippen LogP contribution in [0.5, 0.6) is 0 Å². The zero-order chi connectivity index (χ0) is 21.1. The number of hydrogen-bond donors (Lipinski definition) is 2. The third kappa shape index (κ3) is 4.34. The first-order valence-corrected chi connectivity index (χ1v) is 9.93. The topological polar surface area (TPSA) is 115 Å². The van der Waals surface area contributed by atoms with Gasteiger partial charge in [0, 0.05) is 16.3 Å². The number of carbonyl (C=O) groups excluding carboxylic acids is 4. The molecule has 0 radical (unpaired) electrons.